The Morgan fingerprint density at radius 3 is 2.29 bits per heavy atom. The summed E-state index contributed by atoms with van der Waals surface area (Å²) in [5, 5.41) is 0. The van der Waals surface area contributed by atoms with E-state index in [4.69, 9.17) is 0 Å². The van der Waals surface area contributed by atoms with Gasteiger partial charge in [-0.2, -0.15) is 0 Å². The molecule has 0 N–H and O–H groups in total. The number of benzene rings is 1. The van der Waals surface area contributed by atoms with Crippen LogP contribution in [-0.4, -0.2) is 0 Å². The molecule has 0 aromatic heterocycles. The van der Waals surface area contributed by atoms with Gasteiger partial charge in [0.1, 0.15) is 5.82 Å². The zero-order valence-corrected chi connectivity index (χ0v) is 11.4. The first-order chi connectivity index (χ1) is 8.06. The molecule has 0 saturated carbocycles. The van der Waals surface area contributed by atoms with Gasteiger partial charge in [-0.05, 0) is 12.5 Å². The van der Waals surface area contributed by atoms with Crippen LogP contribution in [0.1, 0.15) is 49.4 Å². The molecular weight excluding hydrogens is 293 g/mol. The van der Waals surface area contributed by atoms with Crippen molar-refractivity contribution < 1.29 is 13.2 Å². The fourth-order valence-corrected chi connectivity index (χ4v) is 2.36. The third-order valence-electron chi connectivity index (χ3n) is 2.69. The van der Waals surface area contributed by atoms with Gasteiger partial charge in [-0.3, -0.25) is 0 Å². The van der Waals surface area contributed by atoms with Gasteiger partial charge in [0.05, 0.1) is 0 Å². The Kier molecular flexibility index (Phi) is 6.03. The van der Waals surface area contributed by atoms with Crippen molar-refractivity contribution in [3.05, 3.63) is 35.1 Å². The van der Waals surface area contributed by atoms with Crippen molar-refractivity contribution in [2.24, 2.45) is 0 Å². The van der Waals surface area contributed by atoms with Crippen molar-refractivity contribution in [2.45, 2.75) is 43.9 Å². The molecule has 0 saturated heterocycles. The van der Waals surface area contributed by atoms with Crippen molar-refractivity contribution in [3.63, 3.8) is 0 Å². The highest BCUT2D eigenvalue weighted by atomic mass is 79.9. The van der Waals surface area contributed by atoms with Gasteiger partial charge in [0.2, 0.25) is 0 Å². The van der Waals surface area contributed by atoms with Crippen LogP contribution in [0.15, 0.2) is 12.1 Å². The molecule has 0 spiro atoms. The quantitative estimate of drug-likeness (QED) is 0.369. The minimum absolute atomic E-state index is 0.195. The van der Waals surface area contributed by atoms with E-state index in [-0.39, 0.29) is 10.4 Å². The molecule has 17 heavy (non-hydrogen) atoms. The lowest BCUT2D eigenvalue weighted by molar-refractivity contribution is 0.488. The summed E-state index contributed by atoms with van der Waals surface area (Å²) in [4.78, 5) is -0.255. The van der Waals surface area contributed by atoms with Gasteiger partial charge in [-0.1, -0.05) is 48.5 Å². The molecule has 0 radical (unpaired) electrons. The lowest BCUT2D eigenvalue weighted by atomic mass is 10.0. The maximum absolute atomic E-state index is 13.4. The first-order valence-electron chi connectivity index (χ1n) is 5.84. The summed E-state index contributed by atoms with van der Waals surface area (Å²) in [5.41, 5.74) is 0.195. The monoisotopic (exact) mass is 308 g/mol. The third kappa shape index (κ3) is 4.34. The number of hydrogen-bond acceptors (Lipinski definition) is 0. The molecule has 0 amide bonds. The van der Waals surface area contributed by atoms with Gasteiger partial charge in [-0.25, -0.2) is 13.2 Å². The molecule has 1 unspecified atom stereocenters. The fourth-order valence-electron chi connectivity index (χ4n) is 1.68. The zero-order valence-electron chi connectivity index (χ0n) is 9.78. The van der Waals surface area contributed by atoms with E-state index in [9.17, 15) is 13.2 Å². The second-order valence-corrected chi connectivity index (χ2v) is 5.21. The van der Waals surface area contributed by atoms with Crippen molar-refractivity contribution in [1.82, 2.24) is 0 Å². The van der Waals surface area contributed by atoms with Crippen LogP contribution >= 0.6 is 15.9 Å². The summed E-state index contributed by atoms with van der Waals surface area (Å²) in [7, 11) is 0. The largest absolute Gasteiger partial charge is 0.207 e. The van der Waals surface area contributed by atoms with Crippen LogP contribution in [0, 0.1) is 17.5 Å². The van der Waals surface area contributed by atoms with E-state index in [2.05, 4.69) is 22.9 Å². The normalized spacial score (nSPS) is 12.8. The molecule has 0 heterocycles. The van der Waals surface area contributed by atoms with Crippen molar-refractivity contribution in [1.29, 1.82) is 0 Å². The topological polar surface area (TPSA) is 0 Å². The molecule has 0 nitrogen and oxygen atoms in total. The zero-order chi connectivity index (χ0) is 12.8. The molecule has 1 aromatic carbocycles. The van der Waals surface area contributed by atoms with Crippen LogP contribution in [0.4, 0.5) is 13.2 Å². The van der Waals surface area contributed by atoms with Gasteiger partial charge >= 0.3 is 0 Å². The average molecular weight is 309 g/mol. The van der Waals surface area contributed by atoms with Crippen molar-refractivity contribution in [2.75, 3.05) is 0 Å². The highest BCUT2D eigenvalue weighted by molar-refractivity contribution is 9.09. The smallest absolute Gasteiger partial charge is 0.161 e. The lowest BCUT2D eigenvalue weighted by Crippen LogP contribution is -1.98. The highest BCUT2D eigenvalue weighted by Crippen LogP contribution is 2.31. The molecule has 96 valence electrons. The molecule has 0 bridgehead atoms. The SMILES string of the molecule is CCCCCCC(Br)c1cc(F)c(F)cc1F. The van der Waals surface area contributed by atoms with Crippen LogP contribution in [0.5, 0.6) is 0 Å². The van der Waals surface area contributed by atoms with Crippen LogP contribution < -0.4 is 0 Å². The molecule has 0 aliphatic rings. The van der Waals surface area contributed by atoms with Crippen molar-refractivity contribution in [3.8, 4) is 0 Å². The number of alkyl halides is 1. The van der Waals surface area contributed by atoms with E-state index < -0.39 is 17.5 Å². The molecular formula is C13H16BrF3. The predicted molar refractivity (Wildman–Crippen MR) is 66.7 cm³/mol. The van der Waals surface area contributed by atoms with Crippen molar-refractivity contribution >= 4 is 15.9 Å². The van der Waals surface area contributed by atoms with E-state index in [1.165, 1.54) is 0 Å². The first kappa shape index (κ1) is 14.6. The molecule has 0 aliphatic heterocycles. The van der Waals surface area contributed by atoms with E-state index >= 15 is 0 Å². The summed E-state index contributed by atoms with van der Waals surface area (Å²) in [6.45, 7) is 2.11. The van der Waals surface area contributed by atoms with Gasteiger partial charge in [-0.15, -0.1) is 0 Å². The summed E-state index contributed by atoms with van der Waals surface area (Å²) in [5.74, 6) is -2.84. The second kappa shape index (κ2) is 7.04. The van der Waals surface area contributed by atoms with E-state index in [0.29, 0.717) is 6.07 Å². The maximum Gasteiger partial charge on any atom is 0.161 e. The summed E-state index contributed by atoms with van der Waals surface area (Å²) in [6.07, 6.45) is 5.01. The number of unbranched alkanes of at least 4 members (excludes halogenated alkanes) is 3. The predicted octanol–water partition coefficient (Wildman–Crippen LogP) is 5.51. The number of rotatable bonds is 6. The highest BCUT2D eigenvalue weighted by Gasteiger charge is 2.16. The summed E-state index contributed by atoms with van der Waals surface area (Å²) >= 11 is 3.32. The minimum atomic E-state index is -1.14. The Morgan fingerprint density at radius 1 is 1.00 bits per heavy atom. The Bertz CT molecular complexity index is 366. The summed E-state index contributed by atoms with van der Waals surface area (Å²) in [6, 6.07) is 1.54. The Morgan fingerprint density at radius 2 is 1.65 bits per heavy atom. The maximum atomic E-state index is 13.4. The fraction of sp³-hybridized carbons (Fsp3) is 0.538. The molecule has 0 aliphatic carbocycles. The second-order valence-electron chi connectivity index (χ2n) is 4.10. The van der Waals surface area contributed by atoms with Crippen LogP contribution in [0.25, 0.3) is 0 Å². The molecule has 1 rings (SSSR count). The first-order valence-corrected chi connectivity index (χ1v) is 6.76. The lowest BCUT2D eigenvalue weighted by Gasteiger charge is -2.11. The minimum Gasteiger partial charge on any atom is -0.207 e. The van der Waals surface area contributed by atoms with Gasteiger partial charge < -0.3 is 0 Å². The van der Waals surface area contributed by atoms with Crippen LogP contribution in [0.3, 0.4) is 0 Å². The molecule has 4 heteroatoms. The van der Waals surface area contributed by atoms with E-state index in [1.54, 1.807) is 0 Å². The molecule has 0 fully saturated rings. The molecule has 1 atom stereocenters. The van der Waals surface area contributed by atoms with Crippen LogP contribution in [0.2, 0.25) is 0 Å². The van der Waals surface area contributed by atoms with E-state index in [1.807, 2.05) is 0 Å². The number of halogens is 4. The van der Waals surface area contributed by atoms with Gasteiger partial charge in [0, 0.05) is 16.5 Å². The Labute approximate surface area is 108 Å². The molecule has 1 aromatic rings. The summed E-state index contributed by atoms with van der Waals surface area (Å²) < 4.78 is 39.2. The standard InChI is InChI=1S/C13H16BrF3/c1-2-3-4-5-6-10(14)9-7-12(16)13(17)8-11(9)15/h7-8,10H,2-6H2,1H3. The third-order valence-corrected chi connectivity index (χ3v) is 3.64. The average Bonchev–Trinajstić information content (AvgIpc) is 2.29. The van der Waals surface area contributed by atoms with Gasteiger partial charge in [0.25, 0.3) is 0 Å². The number of hydrogen-bond donors (Lipinski definition) is 0. The van der Waals surface area contributed by atoms with E-state index in [0.717, 1.165) is 38.2 Å². The van der Waals surface area contributed by atoms with Crippen LogP contribution in [-0.2, 0) is 0 Å². The Balaban J connectivity index is 2.62. The Hall–Kier alpha value is -0.510. The van der Waals surface area contributed by atoms with Gasteiger partial charge in [0.15, 0.2) is 11.6 Å².